The van der Waals surface area contributed by atoms with Gasteiger partial charge in [-0.05, 0) is 31.9 Å². The summed E-state index contributed by atoms with van der Waals surface area (Å²) >= 11 is 0. The van der Waals surface area contributed by atoms with E-state index in [-0.39, 0.29) is 29.4 Å². The molecule has 1 amide bonds. The van der Waals surface area contributed by atoms with E-state index in [0.717, 1.165) is 25.0 Å². The highest BCUT2D eigenvalue weighted by atomic mass is 19.4. The lowest BCUT2D eigenvalue weighted by Crippen LogP contribution is -2.51. The van der Waals surface area contributed by atoms with Crippen LogP contribution in [-0.2, 0) is 15.7 Å². The fourth-order valence-electron chi connectivity index (χ4n) is 3.82. The van der Waals surface area contributed by atoms with Crippen LogP contribution in [0.1, 0.15) is 37.3 Å². The molecule has 2 unspecified atom stereocenters. The second-order valence-electron chi connectivity index (χ2n) is 7.57. The highest BCUT2D eigenvalue weighted by Crippen LogP contribution is 2.32. The molecule has 0 bridgehead atoms. The van der Waals surface area contributed by atoms with E-state index in [1.54, 1.807) is 0 Å². The van der Waals surface area contributed by atoms with Gasteiger partial charge in [-0.25, -0.2) is 0 Å². The number of carbonyl (C=O) groups is 1. The van der Waals surface area contributed by atoms with Crippen molar-refractivity contribution < 1.29 is 27.2 Å². The van der Waals surface area contributed by atoms with Gasteiger partial charge in [0.1, 0.15) is 6.10 Å². The van der Waals surface area contributed by atoms with Crippen molar-refractivity contribution in [2.75, 3.05) is 32.8 Å². The Balaban J connectivity index is 1.39. The minimum Gasteiger partial charge on any atom is -0.368 e. The van der Waals surface area contributed by atoms with Crippen molar-refractivity contribution in [1.82, 2.24) is 19.9 Å². The predicted octanol–water partition coefficient (Wildman–Crippen LogP) is 3.14. The minimum absolute atomic E-state index is 0.0458. The standard InChI is InChI=1S/C20H23F3N4O3/c1-13(26-7-9-27(10-8-26)19(28)16-6-3-11-29-16)18-24-17(25-30-18)14-4-2-5-15(12-14)20(21,22)23/h2,4-5,12-13,16H,3,6-11H2,1H3. The number of ether oxygens (including phenoxy) is 1. The first-order chi connectivity index (χ1) is 14.3. The first-order valence-electron chi connectivity index (χ1n) is 9.98. The Hall–Kier alpha value is -2.46. The molecule has 162 valence electrons. The summed E-state index contributed by atoms with van der Waals surface area (Å²) in [7, 11) is 0. The van der Waals surface area contributed by atoms with Crippen molar-refractivity contribution in [2.24, 2.45) is 0 Å². The van der Waals surface area contributed by atoms with Crippen LogP contribution in [0.25, 0.3) is 11.4 Å². The molecule has 3 heterocycles. The molecule has 4 rings (SSSR count). The lowest BCUT2D eigenvalue weighted by molar-refractivity contribution is -0.143. The summed E-state index contributed by atoms with van der Waals surface area (Å²) in [5, 5.41) is 3.86. The van der Waals surface area contributed by atoms with Gasteiger partial charge < -0.3 is 14.2 Å². The molecule has 2 atom stereocenters. The van der Waals surface area contributed by atoms with Gasteiger partial charge in [0.2, 0.25) is 11.7 Å². The zero-order valence-electron chi connectivity index (χ0n) is 16.6. The molecule has 1 aromatic carbocycles. The molecule has 0 spiro atoms. The van der Waals surface area contributed by atoms with E-state index < -0.39 is 11.7 Å². The summed E-state index contributed by atoms with van der Waals surface area (Å²) in [6.45, 7) is 4.98. The fraction of sp³-hybridized carbons (Fsp3) is 0.550. The number of aromatic nitrogens is 2. The maximum absolute atomic E-state index is 12.9. The molecule has 0 radical (unpaired) electrons. The third kappa shape index (κ3) is 4.34. The number of amides is 1. The number of halogens is 3. The Morgan fingerprint density at radius 3 is 2.67 bits per heavy atom. The summed E-state index contributed by atoms with van der Waals surface area (Å²) in [6.07, 6.45) is -3.06. The van der Waals surface area contributed by atoms with E-state index in [2.05, 4.69) is 15.0 Å². The van der Waals surface area contributed by atoms with Gasteiger partial charge in [-0.1, -0.05) is 17.3 Å². The molecular weight excluding hydrogens is 401 g/mol. The normalized spacial score (nSPS) is 21.7. The SMILES string of the molecule is CC(c1nc(-c2cccc(C(F)(F)F)c2)no1)N1CCN(C(=O)C2CCCO2)CC1. The van der Waals surface area contributed by atoms with Gasteiger partial charge in [-0.15, -0.1) is 0 Å². The number of carbonyl (C=O) groups excluding carboxylic acids is 1. The molecule has 1 aromatic heterocycles. The van der Waals surface area contributed by atoms with Gasteiger partial charge in [-0.2, -0.15) is 18.2 Å². The topological polar surface area (TPSA) is 71.7 Å². The number of piperazine rings is 1. The van der Waals surface area contributed by atoms with Crippen molar-refractivity contribution in [3.63, 3.8) is 0 Å². The summed E-state index contributed by atoms with van der Waals surface area (Å²) < 4.78 is 49.6. The maximum atomic E-state index is 12.9. The summed E-state index contributed by atoms with van der Waals surface area (Å²) in [4.78, 5) is 20.7. The van der Waals surface area contributed by atoms with E-state index in [0.29, 0.717) is 38.7 Å². The molecule has 0 aliphatic carbocycles. The molecule has 2 aliphatic heterocycles. The summed E-state index contributed by atoms with van der Waals surface area (Å²) in [5.74, 6) is 0.501. The Morgan fingerprint density at radius 1 is 1.23 bits per heavy atom. The van der Waals surface area contributed by atoms with Crippen LogP contribution < -0.4 is 0 Å². The second-order valence-corrected chi connectivity index (χ2v) is 7.57. The maximum Gasteiger partial charge on any atom is 0.416 e. The monoisotopic (exact) mass is 424 g/mol. The molecule has 2 aromatic rings. The van der Waals surface area contributed by atoms with Crippen LogP contribution in [0.5, 0.6) is 0 Å². The van der Waals surface area contributed by atoms with Crippen LogP contribution in [0.15, 0.2) is 28.8 Å². The molecule has 2 fully saturated rings. The van der Waals surface area contributed by atoms with Crippen molar-refractivity contribution in [3.8, 4) is 11.4 Å². The van der Waals surface area contributed by atoms with Gasteiger partial charge >= 0.3 is 6.18 Å². The largest absolute Gasteiger partial charge is 0.416 e. The smallest absolute Gasteiger partial charge is 0.368 e. The number of hydrogen-bond donors (Lipinski definition) is 0. The lowest BCUT2D eigenvalue weighted by Gasteiger charge is -2.37. The van der Waals surface area contributed by atoms with E-state index in [9.17, 15) is 18.0 Å². The summed E-state index contributed by atoms with van der Waals surface area (Å²) in [6, 6.07) is 4.64. The average molecular weight is 424 g/mol. The van der Waals surface area contributed by atoms with Crippen LogP contribution in [0.4, 0.5) is 13.2 Å². The molecular formula is C20H23F3N4O3. The molecule has 10 heteroatoms. The number of rotatable bonds is 4. The third-order valence-corrected chi connectivity index (χ3v) is 5.63. The van der Waals surface area contributed by atoms with Crippen LogP contribution in [0.3, 0.4) is 0 Å². The van der Waals surface area contributed by atoms with Gasteiger partial charge in [0.05, 0.1) is 11.6 Å². The van der Waals surface area contributed by atoms with Gasteiger partial charge in [0.25, 0.3) is 5.91 Å². The van der Waals surface area contributed by atoms with Gasteiger partial charge in [0, 0.05) is 38.3 Å². The minimum atomic E-state index is -4.43. The molecule has 30 heavy (non-hydrogen) atoms. The van der Waals surface area contributed by atoms with Crippen molar-refractivity contribution in [1.29, 1.82) is 0 Å². The highest BCUT2D eigenvalue weighted by Gasteiger charge is 2.33. The zero-order valence-corrected chi connectivity index (χ0v) is 16.6. The third-order valence-electron chi connectivity index (χ3n) is 5.63. The van der Waals surface area contributed by atoms with Crippen molar-refractivity contribution >= 4 is 5.91 Å². The molecule has 7 nitrogen and oxygen atoms in total. The quantitative estimate of drug-likeness (QED) is 0.751. The molecule has 2 aliphatic rings. The average Bonchev–Trinajstić information content (AvgIpc) is 3.45. The predicted molar refractivity (Wildman–Crippen MR) is 100 cm³/mol. The Bertz CT molecular complexity index is 887. The molecule has 0 N–H and O–H groups in total. The number of alkyl halides is 3. The van der Waals surface area contributed by atoms with Crippen LogP contribution in [-0.4, -0.2) is 64.7 Å². The molecule has 0 saturated carbocycles. The zero-order chi connectivity index (χ0) is 21.3. The Morgan fingerprint density at radius 2 is 2.00 bits per heavy atom. The van der Waals surface area contributed by atoms with Crippen LogP contribution in [0.2, 0.25) is 0 Å². The van der Waals surface area contributed by atoms with Gasteiger partial charge in [0.15, 0.2) is 0 Å². The van der Waals surface area contributed by atoms with E-state index in [1.165, 1.54) is 12.1 Å². The highest BCUT2D eigenvalue weighted by molar-refractivity contribution is 5.81. The number of benzene rings is 1. The van der Waals surface area contributed by atoms with Crippen molar-refractivity contribution in [2.45, 2.75) is 38.1 Å². The van der Waals surface area contributed by atoms with E-state index >= 15 is 0 Å². The number of hydrogen-bond acceptors (Lipinski definition) is 6. The lowest BCUT2D eigenvalue weighted by atomic mass is 10.1. The molecule has 2 saturated heterocycles. The number of nitrogens with zero attached hydrogens (tertiary/aromatic N) is 4. The van der Waals surface area contributed by atoms with Crippen LogP contribution >= 0.6 is 0 Å². The Kier molecular flexibility index (Phi) is 5.79. The Labute approximate surface area is 171 Å². The first kappa shape index (κ1) is 20.8. The van der Waals surface area contributed by atoms with Gasteiger partial charge in [-0.3, -0.25) is 9.69 Å². The van der Waals surface area contributed by atoms with Crippen molar-refractivity contribution in [3.05, 3.63) is 35.7 Å². The van der Waals surface area contributed by atoms with E-state index in [1.807, 2.05) is 11.8 Å². The fourth-order valence-corrected chi connectivity index (χ4v) is 3.82. The first-order valence-corrected chi connectivity index (χ1v) is 9.98. The summed E-state index contributed by atoms with van der Waals surface area (Å²) in [5.41, 5.74) is -0.509. The second kappa shape index (κ2) is 8.35. The van der Waals surface area contributed by atoms with E-state index in [4.69, 9.17) is 9.26 Å². The van der Waals surface area contributed by atoms with Crippen LogP contribution in [0, 0.1) is 0 Å².